The Bertz CT molecular complexity index is 432. The van der Waals surface area contributed by atoms with Crippen molar-refractivity contribution in [3.8, 4) is 0 Å². The van der Waals surface area contributed by atoms with E-state index < -0.39 is 18.6 Å². The first kappa shape index (κ1) is 15.7. The molecule has 0 aliphatic carbocycles. The van der Waals surface area contributed by atoms with Gasteiger partial charge in [0.25, 0.3) is 0 Å². The van der Waals surface area contributed by atoms with E-state index in [0.29, 0.717) is 28.7 Å². The predicted octanol–water partition coefficient (Wildman–Crippen LogP) is 3.38. The average molecular weight is 296 g/mol. The molecule has 0 amide bonds. The molecule has 1 rings (SSSR count). The summed E-state index contributed by atoms with van der Waals surface area (Å²) >= 11 is 1.14. The first-order chi connectivity index (χ1) is 8.83. The van der Waals surface area contributed by atoms with E-state index in [1.165, 1.54) is 7.11 Å². The van der Waals surface area contributed by atoms with Crippen LogP contribution in [0.5, 0.6) is 0 Å². The van der Waals surface area contributed by atoms with Crippen LogP contribution in [0, 0.1) is 6.92 Å². The third-order valence-corrected chi connectivity index (χ3v) is 3.43. The zero-order chi connectivity index (χ0) is 14.5. The van der Waals surface area contributed by atoms with Gasteiger partial charge in [0, 0.05) is 13.0 Å². The SMILES string of the molecule is COC(=O)c1sc(NCCCCC(F)(F)F)nc1C. The lowest BCUT2D eigenvalue weighted by Gasteiger charge is -2.05. The predicted molar refractivity (Wildman–Crippen MR) is 66.6 cm³/mol. The Labute approximate surface area is 113 Å². The van der Waals surface area contributed by atoms with Crippen LogP contribution >= 0.6 is 11.3 Å². The van der Waals surface area contributed by atoms with Gasteiger partial charge in [0.15, 0.2) is 5.13 Å². The van der Waals surface area contributed by atoms with E-state index in [-0.39, 0.29) is 6.42 Å². The van der Waals surface area contributed by atoms with Crippen molar-refractivity contribution in [3.63, 3.8) is 0 Å². The molecule has 0 saturated carbocycles. The van der Waals surface area contributed by atoms with Crippen LogP contribution in [0.1, 0.15) is 34.6 Å². The van der Waals surface area contributed by atoms with E-state index in [0.717, 1.165) is 11.3 Å². The second kappa shape index (κ2) is 6.74. The number of nitrogens with one attached hydrogen (secondary N) is 1. The van der Waals surface area contributed by atoms with Gasteiger partial charge in [-0.15, -0.1) is 0 Å². The number of nitrogens with zero attached hydrogens (tertiary/aromatic N) is 1. The van der Waals surface area contributed by atoms with E-state index in [9.17, 15) is 18.0 Å². The zero-order valence-corrected chi connectivity index (χ0v) is 11.5. The molecule has 0 spiro atoms. The summed E-state index contributed by atoms with van der Waals surface area (Å²) < 4.78 is 40.3. The minimum absolute atomic E-state index is 0.0741. The number of halogens is 3. The van der Waals surface area contributed by atoms with E-state index in [1.54, 1.807) is 6.92 Å². The number of alkyl halides is 3. The van der Waals surface area contributed by atoms with E-state index in [1.807, 2.05) is 0 Å². The number of aromatic nitrogens is 1. The van der Waals surface area contributed by atoms with Crippen molar-refractivity contribution >= 4 is 22.4 Å². The van der Waals surface area contributed by atoms with Gasteiger partial charge in [-0.3, -0.25) is 0 Å². The van der Waals surface area contributed by atoms with Crippen molar-refractivity contribution < 1.29 is 22.7 Å². The van der Waals surface area contributed by atoms with Crippen molar-refractivity contribution in [2.24, 2.45) is 0 Å². The molecule has 0 aliphatic heterocycles. The summed E-state index contributed by atoms with van der Waals surface area (Å²) in [5, 5.41) is 3.42. The number of anilines is 1. The molecular formula is C11H15F3N2O2S. The number of hydrogen-bond donors (Lipinski definition) is 1. The van der Waals surface area contributed by atoms with Gasteiger partial charge >= 0.3 is 12.1 Å². The summed E-state index contributed by atoms with van der Waals surface area (Å²) in [5.41, 5.74) is 0.551. The van der Waals surface area contributed by atoms with Gasteiger partial charge in [0.1, 0.15) is 4.88 Å². The Morgan fingerprint density at radius 3 is 2.68 bits per heavy atom. The summed E-state index contributed by atoms with van der Waals surface area (Å²) in [6, 6.07) is 0. The lowest BCUT2D eigenvalue weighted by molar-refractivity contribution is -0.135. The van der Waals surface area contributed by atoms with Gasteiger partial charge in [0.05, 0.1) is 12.8 Å². The van der Waals surface area contributed by atoms with E-state index >= 15 is 0 Å². The van der Waals surface area contributed by atoms with Gasteiger partial charge in [-0.2, -0.15) is 13.2 Å². The number of unbranched alkanes of at least 4 members (excludes halogenated alkanes) is 1. The fraction of sp³-hybridized carbons (Fsp3) is 0.636. The molecule has 0 fully saturated rings. The number of aryl methyl sites for hydroxylation is 1. The zero-order valence-electron chi connectivity index (χ0n) is 10.6. The highest BCUT2D eigenvalue weighted by Crippen LogP contribution is 2.24. The monoisotopic (exact) mass is 296 g/mol. The van der Waals surface area contributed by atoms with Gasteiger partial charge in [-0.1, -0.05) is 11.3 Å². The smallest absolute Gasteiger partial charge is 0.389 e. The maximum Gasteiger partial charge on any atom is 0.389 e. The van der Waals surface area contributed by atoms with Crippen LogP contribution in [0.2, 0.25) is 0 Å². The largest absolute Gasteiger partial charge is 0.465 e. The molecule has 0 aromatic carbocycles. The van der Waals surface area contributed by atoms with Gasteiger partial charge in [-0.25, -0.2) is 9.78 Å². The Balaban J connectivity index is 2.36. The highest BCUT2D eigenvalue weighted by molar-refractivity contribution is 7.17. The lowest BCUT2D eigenvalue weighted by atomic mass is 10.2. The molecule has 1 heterocycles. The van der Waals surface area contributed by atoms with Crippen molar-refractivity contribution in [2.75, 3.05) is 19.0 Å². The minimum atomic E-state index is -4.10. The number of esters is 1. The Morgan fingerprint density at radius 2 is 2.11 bits per heavy atom. The molecule has 19 heavy (non-hydrogen) atoms. The molecule has 0 radical (unpaired) electrons. The van der Waals surface area contributed by atoms with Crippen molar-refractivity contribution in [2.45, 2.75) is 32.4 Å². The summed E-state index contributed by atoms with van der Waals surface area (Å²) in [6.07, 6.45) is -4.41. The molecule has 0 aliphatic rings. The normalized spacial score (nSPS) is 11.4. The fourth-order valence-corrected chi connectivity index (χ4v) is 2.31. The topological polar surface area (TPSA) is 51.2 Å². The Morgan fingerprint density at radius 1 is 1.42 bits per heavy atom. The summed E-state index contributed by atoms with van der Waals surface area (Å²) in [5.74, 6) is -0.458. The number of thiazole rings is 1. The standard InChI is InChI=1S/C11H15F3N2O2S/c1-7-8(9(17)18-2)19-10(16-7)15-6-4-3-5-11(12,13)14/h3-6H2,1-2H3,(H,15,16). The second-order valence-corrected chi connectivity index (χ2v) is 4.92. The number of ether oxygens (including phenoxy) is 1. The van der Waals surface area contributed by atoms with Gasteiger partial charge in [-0.05, 0) is 19.8 Å². The third kappa shape index (κ3) is 5.46. The molecular weight excluding hydrogens is 281 g/mol. The van der Waals surface area contributed by atoms with E-state index in [2.05, 4.69) is 15.0 Å². The number of rotatable bonds is 6. The number of carbonyl (C=O) groups is 1. The van der Waals surface area contributed by atoms with Crippen molar-refractivity contribution in [1.29, 1.82) is 0 Å². The van der Waals surface area contributed by atoms with Gasteiger partial charge in [0.2, 0.25) is 0 Å². The fourth-order valence-electron chi connectivity index (χ4n) is 1.40. The van der Waals surface area contributed by atoms with Crippen LogP contribution in [0.4, 0.5) is 18.3 Å². The average Bonchev–Trinajstić information content (AvgIpc) is 2.67. The quantitative estimate of drug-likeness (QED) is 0.646. The summed E-state index contributed by atoms with van der Waals surface area (Å²) in [4.78, 5) is 15.8. The van der Waals surface area contributed by atoms with Crippen molar-refractivity contribution in [1.82, 2.24) is 4.98 Å². The number of methoxy groups -OCH3 is 1. The van der Waals surface area contributed by atoms with Crippen LogP contribution in [0.25, 0.3) is 0 Å². The molecule has 108 valence electrons. The molecule has 0 saturated heterocycles. The first-order valence-electron chi connectivity index (χ1n) is 5.70. The lowest BCUT2D eigenvalue weighted by Crippen LogP contribution is -2.08. The van der Waals surface area contributed by atoms with Crippen LogP contribution in [-0.4, -0.2) is 30.8 Å². The summed E-state index contributed by atoms with van der Waals surface area (Å²) in [6.45, 7) is 2.07. The third-order valence-electron chi connectivity index (χ3n) is 2.33. The van der Waals surface area contributed by atoms with Crippen LogP contribution in [0.15, 0.2) is 0 Å². The number of hydrogen-bond acceptors (Lipinski definition) is 5. The maximum atomic E-state index is 11.9. The molecule has 1 N–H and O–H groups in total. The highest BCUT2D eigenvalue weighted by atomic mass is 32.1. The van der Waals surface area contributed by atoms with Crippen molar-refractivity contribution in [3.05, 3.63) is 10.6 Å². The molecule has 1 aromatic rings. The summed E-state index contributed by atoms with van der Waals surface area (Å²) in [7, 11) is 1.28. The molecule has 1 aromatic heterocycles. The molecule has 4 nitrogen and oxygen atoms in total. The van der Waals surface area contributed by atoms with Crippen LogP contribution in [0.3, 0.4) is 0 Å². The van der Waals surface area contributed by atoms with Crippen LogP contribution in [-0.2, 0) is 4.74 Å². The molecule has 8 heteroatoms. The highest BCUT2D eigenvalue weighted by Gasteiger charge is 2.25. The van der Waals surface area contributed by atoms with E-state index in [4.69, 9.17) is 0 Å². The first-order valence-corrected chi connectivity index (χ1v) is 6.51. The minimum Gasteiger partial charge on any atom is -0.465 e. The van der Waals surface area contributed by atoms with Crippen LogP contribution < -0.4 is 5.32 Å². The molecule has 0 unspecified atom stereocenters. The Kier molecular flexibility index (Phi) is 5.59. The molecule has 0 bridgehead atoms. The maximum absolute atomic E-state index is 11.9. The second-order valence-electron chi connectivity index (χ2n) is 3.92. The Hall–Kier alpha value is -1.31. The van der Waals surface area contributed by atoms with Gasteiger partial charge < -0.3 is 10.1 Å². The number of carbonyl (C=O) groups excluding carboxylic acids is 1. The molecule has 0 atom stereocenters.